The molecule has 1 fully saturated rings. The number of hydrogen-bond donors (Lipinski definition) is 1. The quantitative estimate of drug-likeness (QED) is 0.808. The van der Waals surface area contributed by atoms with Crippen LogP contribution < -0.4 is 0 Å². The van der Waals surface area contributed by atoms with E-state index in [2.05, 4.69) is 9.84 Å². The number of hydrogen-bond acceptors (Lipinski definition) is 4. The van der Waals surface area contributed by atoms with Crippen molar-refractivity contribution < 1.29 is 27.8 Å². The van der Waals surface area contributed by atoms with E-state index in [0.717, 1.165) is 0 Å². The lowest BCUT2D eigenvalue weighted by Crippen LogP contribution is -2.61. The molecule has 1 amide bonds. The number of alkyl halides is 3. The first-order valence-corrected chi connectivity index (χ1v) is 6.58. The summed E-state index contributed by atoms with van der Waals surface area (Å²) in [5.41, 5.74) is -3.08. The Hall–Kier alpha value is -1.31. The molecule has 5 nitrogen and oxygen atoms in total. The van der Waals surface area contributed by atoms with Gasteiger partial charge in [-0.15, -0.1) is 0 Å². The summed E-state index contributed by atoms with van der Waals surface area (Å²) in [7, 11) is 0. The van der Waals surface area contributed by atoms with Gasteiger partial charge in [-0.1, -0.05) is 13.3 Å². The van der Waals surface area contributed by atoms with Gasteiger partial charge in [0.2, 0.25) is 0 Å². The van der Waals surface area contributed by atoms with Gasteiger partial charge in [-0.25, -0.2) is 4.79 Å². The number of halogens is 3. The zero-order valence-electron chi connectivity index (χ0n) is 11.3. The maximum Gasteiger partial charge on any atom is 0.439 e. The maximum atomic E-state index is 13.3. The second-order valence-electron chi connectivity index (χ2n) is 5.14. The SMILES string of the molecule is CCOC(=O)N1N=C2[C@H](C)CCC[C@@H]2[C@]1(O)C(F)(F)F. The number of rotatable bonds is 1. The van der Waals surface area contributed by atoms with E-state index < -0.39 is 23.9 Å². The molecule has 1 heterocycles. The Kier molecular flexibility index (Phi) is 3.70. The van der Waals surface area contributed by atoms with Gasteiger partial charge in [0, 0.05) is 5.71 Å². The molecule has 2 aliphatic rings. The number of hydrazone groups is 1. The Labute approximate surface area is 114 Å². The predicted molar refractivity (Wildman–Crippen MR) is 63.8 cm³/mol. The van der Waals surface area contributed by atoms with E-state index in [1.807, 2.05) is 0 Å². The highest BCUT2D eigenvalue weighted by atomic mass is 19.4. The Bertz CT molecular complexity index is 438. The van der Waals surface area contributed by atoms with Gasteiger partial charge < -0.3 is 9.84 Å². The number of amides is 1. The number of carbonyl (C=O) groups is 1. The van der Waals surface area contributed by atoms with Gasteiger partial charge in [0.15, 0.2) is 0 Å². The van der Waals surface area contributed by atoms with E-state index in [4.69, 9.17) is 0 Å². The molecule has 1 N–H and O–H groups in total. The molecule has 3 atom stereocenters. The molecule has 114 valence electrons. The Morgan fingerprint density at radius 2 is 2.20 bits per heavy atom. The molecule has 8 heteroatoms. The first-order chi connectivity index (χ1) is 9.23. The van der Waals surface area contributed by atoms with E-state index in [-0.39, 0.29) is 29.7 Å². The number of aliphatic hydroxyl groups is 1. The van der Waals surface area contributed by atoms with Crippen LogP contribution in [0.2, 0.25) is 0 Å². The summed E-state index contributed by atoms with van der Waals surface area (Å²) >= 11 is 0. The fraction of sp³-hybridized carbons (Fsp3) is 0.833. The lowest BCUT2D eigenvalue weighted by Gasteiger charge is -2.38. The molecule has 2 rings (SSSR count). The summed E-state index contributed by atoms with van der Waals surface area (Å²) in [6.45, 7) is 3.13. The molecular weight excluding hydrogens is 277 g/mol. The van der Waals surface area contributed by atoms with Crippen LogP contribution in [0.4, 0.5) is 18.0 Å². The average molecular weight is 294 g/mol. The predicted octanol–water partition coefficient (Wildman–Crippen LogP) is 2.50. The molecule has 0 aromatic carbocycles. The van der Waals surface area contributed by atoms with Gasteiger partial charge in [0.1, 0.15) is 0 Å². The van der Waals surface area contributed by atoms with Crippen LogP contribution in [0.15, 0.2) is 5.10 Å². The Balaban J connectivity index is 2.44. The van der Waals surface area contributed by atoms with Gasteiger partial charge in [0.05, 0.1) is 12.5 Å². The maximum absolute atomic E-state index is 13.3. The summed E-state index contributed by atoms with van der Waals surface area (Å²) in [5, 5.41) is 14.0. The number of nitrogens with zero attached hydrogens (tertiary/aromatic N) is 2. The van der Waals surface area contributed by atoms with E-state index in [0.29, 0.717) is 12.8 Å². The minimum atomic E-state index is -4.99. The van der Waals surface area contributed by atoms with E-state index in [9.17, 15) is 23.1 Å². The van der Waals surface area contributed by atoms with Crippen LogP contribution in [0.3, 0.4) is 0 Å². The number of ether oxygens (including phenoxy) is 1. The van der Waals surface area contributed by atoms with Crippen LogP contribution in [0.5, 0.6) is 0 Å². The molecule has 1 aliphatic heterocycles. The standard InChI is InChI=1S/C12H17F3N2O3/c1-3-20-10(18)17-11(19,12(13,14)15)8-6-4-5-7(2)9(8)16-17/h7-8,19H,3-6H2,1-2H3/t7-,8+,11+/m1/s1. The van der Waals surface area contributed by atoms with Gasteiger partial charge in [0.25, 0.3) is 5.72 Å². The first-order valence-electron chi connectivity index (χ1n) is 6.58. The van der Waals surface area contributed by atoms with Crippen LogP contribution in [0.25, 0.3) is 0 Å². The molecule has 1 aliphatic carbocycles. The Morgan fingerprint density at radius 1 is 1.55 bits per heavy atom. The first kappa shape index (κ1) is 15.1. The van der Waals surface area contributed by atoms with Crippen molar-refractivity contribution >= 4 is 11.8 Å². The fourth-order valence-corrected chi connectivity index (χ4v) is 2.86. The van der Waals surface area contributed by atoms with E-state index in [1.165, 1.54) is 6.92 Å². The van der Waals surface area contributed by atoms with E-state index >= 15 is 0 Å². The number of fused-ring (bicyclic) bond motifs is 1. The smallest absolute Gasteiger partial charge is 0.439 e. The van der Waals surface area contributed by atoms with Crippen LogP contribution in [0.1, 0.15) is 33.1 Å². The van der Waals surface area contributed by atoms with Crippen LogP contribution >= 0.6 is 0 Å². The topological polar surface area (TPSA) is 62.1 Å². The largest absolute Gasteiger partial charge is 0.448 e. The third-order valence-corrected chi connectivity index (χ3v) is 3.87. The summed E-state index contributed by atoms with van der Waals surface area (Å²) in [5.74, 6) is -1.40. The lowest BCUT2D eigenvalue weighted by atomic mass is 9.75. The van der Waals surface area contributed by atoms with Gasteiger partial charge in [-0.05, 0) is 25.7 Å². The minimum Gasteiger partial charge on any atom is -0.448 e. The van der Waals surface area contributed by atoms with Crippen molar-refractivity contribution in [2.45, 2.75) is 45.0 Å². The zero-order valence-corrected chi connectivity index (χ0v) is 11.3. The third-order valence-electron chi connectivity index (χ3n) is 3.87. The highest BCUT2D eigenvalue weighted by molar-refractivity contribution is 5.93. The highest BCUT2D eigenvalue weighted by Crippen LogP contribution is 2.49. The molecule has 0 bridgehead atoms. The van der Waals surface area contributed by atoms with Crippen molar-refractivity contribution in [2.75, 3.05) is 6.61 Å². The average Bonchev–Trinajstić information content (AvgIpc) is 2.66. The van der Waals surface area contributed by atoms with Crippen molar-refractivity contribution in [1.29, 1.82) is 0 Å². The summed E-state index contributed by atoms with van der Waals surface area (Å²) in [4.78, 5) is 11.7. The van der Waals surface area contributed by atoms with Crippen LogP contribution in [-0.2, 0) is 4.74 Å². The van der Waals surface area contributed by atoms with Gasteiger partial charge in [-0.2, -0.15) is 23.3 Å². The van der Waals surface area contributed by atoms with Crippen molar-refractivity contribution in [3.8, 4) is 0 Å². The molecular formula is C12H17F3N2O3. The fourth-order valence-electron chi connectivity index (χ4n) is 2.86. The van der Waals surface area contributed by atoms with Gasteiger partial charge >= 0.3 is 12.3 Å². The van der Waals surface area contributed by atoms with Crippen molar-refractivity contribution in [2.24, 2.45) is 16.9 Å². The zero-order chi connectivity index (χ0) is 15.1. The molecule has 0 aromatic heterocycles. The van der Waals surface area contributed by atoms with Crippen molar-refractivity contribution in [3.63, 3.8) is 0 Å². The molecule has 0 radical (unpaired) electrons. The van der Waals surface area contributed by atoms with E-state index in [1.54, 1.807) is 6.92 Å². The molecule has 1 saturated carbocycles. The minimum absolute atomic E-state index is 0.0678. The highest BCUT2D eigenvalue weighted by Gasteiger charge is 2.69. The molecule has 0 saturated heterocycles. The second-order valence-corrected chi connectivity index (χ2v) is 5.14. The molecule has 0 unspecified atom stereocenters. The van der Waals surface area contributed by atoms with Gasteiger partial charge in [-0.3, -0.25) is 0 Å². The third kappa shape index (κ3) is 2.06. The van der Waals surface area contributed by atoms with Crippen LogP contribution in [-0.4, -0.2) is 40.4 Å². The van der Waals surface area contributed by atoms with Crippen molar-refractivity contribution in [1.82, 2.24) is 5.01 Å². The molecule has 20 heavy (non-hydrogen) atoms. The summed E-state index contributed by atoms with van der Waals surface area (Å²) in [6, 6.07) is 0. The lowest BCUT2D eigenvalue weighted by molar-refractivity contribution is -0.315. The summed E-state index contributed by atoms with van der Waals surface area (Å²) < 4.78 is 44.5. The van der Waals surface area contributed by atoms with Crippen LogP contribution in [0, 0.1) is 11.8 Å². The normalized spacial score (nSPS) is 33.7. The van der Waals surface area contributed by atoms with Crippen molar-refractivity contribution in [3.05, 3.63) is 0 Å². The Morgan fingerprint density at radius 3 is 2.75 bits per heavy atom. The molecule has 0 aromatic rings. The molecule has 0 spiro atoms. The summed E-state index contributed by atoms with van der Waals surface area (Å²) in [6.07, 6.45) is -4.87. The monoisotopic (exact) mass is 294 g/mol. The number of carbonyl (C=O) groups excluding carboxylic acids is 1. The second kappa shape index (κ2) is 4.91.